The third-order valence-electron chi connectivity index (χ3n) is 5.09. The summed E-state index contributed by atoms with van der Waals surface area (Å²) in [6.07, 6.45) is 3.45. The van der Waals surface area contributed by atoms with Crippen molar-refractivity contribution in [3.63, 3.8) is 0 Å². The van der Waals surface area contributed by atoms with Gasteiger partial charge in [0.25, 0.3) is 0 Å². The van der Waals surface area contributed by atoms with Crippen LogP contribution in [0.15, 0.2) is 82.6 Å². The smallest absolute Gasteiger partial charge is 0.0527 e. The van der Waals surface area contributed by atoms with Crippen LogP contribution in [0, 0.1) is 0 Å². The highest BCUT2D eigenvalue weighted by Crippen LogP contribution is 2.44. The normalized spacial score (nSPS) is 13.7. The highest BCUT2D eigenvalue weighted by atomic mass is 32.2. The third kappa shape index (κ3) is 3.38. The Bertz CT molecular complexity index is 1350. The second-order valence-corrected chi connectivity index (χ2v) is 11.8. The van der Waals surface area contributed by atoms with Crippen LogP contribution in [-0.2, 0) is 21.6 Å². The van der Waals surface area contributed by atoms with Gasteiger partial charge in [-0.1, -0.05) is 48.5 Å². The van der Waals surface area contributed by atoms with Gasteiger partial charge < -0.3 is 0 Å². The summed E-state index contributed by atoms with van der Waals surface area (Å²) < 4.78 is 26.9. The van der Waals surface area contributed by atoms with E-state index >= 15 is 0 Å². The molecule has 2 atom stereocenters. The van der Waals surface area contributed by atoms with E-state index in [2.05, 4.69) is 24.3 Å². The van der Waals surface area contributed by atoms with E-state index in [4.69, 9.17) is 0 Å². The summed E-state index contributed by atoms with van der Waals surface area (Å²) in [6.45, 7) is 0. The maximum absolute atomic E-state index is 12.2. The van der Waals surface area contributed by atoms with Crippen molar-refractivity contribution in [3.8, 4) is 20.9 Å². The Labute approximate surface area is 188 Å². The average Bonchev–Trinajstić information content (AvgIpc) is 3.37. The molecule has 0 aliphatic heterocycles. The van der Waals surface area contributed by atoms with Gasteiger partial charge in [0.05, 0.1) is 31.0 Å². The minimum Gasteiger partial charge on any atom is -0.255 e. The predicted octanol–water partition coefficient (Wildman–Crippen LogP) is 6.92. The number of thiophene rings is 2. The molecule has 0 saturated heterocycles. The number of hydrogen-bond acceptors (Lipinski definition) is 4. The van der Waals surface area contributed by atoms with Crippen molar-refractivity contribution in [2.24, 2.45) is 0 Å². The Morgan fingerprint density at radius 2 is 1.00 bits per heavy atom. The summed E-state index contributed by atoms with van der Waals surface area (Å²) in [5, 5.41) is 2.39. The zero-order chi connectivity index (χ0) is 20.8. The average molecular weight is 467 g/mol. The first kappa shape index (κ1) is 19.8. The second kappa shape index (κ2) is 7.85. The molecule has 0 fully saturated rings. The van der Waals surface area contributed by atoms with E-state index in [9.17, 15) is 8.42 Å². The quantitative estimate of drug-likeness (QED) is 0.288. The molecule has 0 spiro atoms. The first-order valence-corrected chi connectivity index (χ1v) is 14.1. The van der Waals surface area contributed by atoms with Crippen molar-refractivity contribution in [2.45, 2.75) is 9.79 Å². The van der Waals surface area contributed by atoms with Crippen LogP contribution >= 0.6 is 22.7 Å². The monoisotopic (exact) mass is 466 g/mol. The molecule has 2 aromatic heterocycles. The van der Waals surface area contributed by atoms with Gasteiger partial charge in [-0.15, -0.1) is 22.7 Å². The maximum atomic E-state index is 12.2. The van der Waals surface area contributed by atoms with Gasteiger partial charge in [-0.25, -0.2) is 0 Å². The Hall–Kier alpha value is -2.12. The van der Waals surface area contributed by atoms with Gasteiger partial charge >= 0.3 is 0 Å². The Kier molecular flexibility index (Phi) is 5.19. The molecule has 3 aromatic carbocycles. The van der Waals surface area contributed by atoms with E-state index in [0.717, 1.165) is 30.7 Å². The molecule has 0 radical (unpaired) electrons. The van der Waals surface area contributed by atoms with Gasteiger partial charge in [-0.3, -0.25) is 8.42 Å². The zero-order valence-corrected chi connectivity index (χ0v) is 19.6. The van der Waals surface area contributed by atoms with Crippen molar-refractivity contribution < 1.29 is 8.42 Å². The highest BCUT2D eigenvalue weighted by Gasteiger charge is 2.16. The van der Waals surface area contributed by atoms with E-state index < -0.39 is 21.6 Å². The summed E-state index contributed by atoms with van der Waals surface area (Å²) in [5.41, 5.74) is 2.08. The lowest BCUT2D eigenvalue weighted by atomic mass is 10.1. The Morgan fingerprint density at radius 1 is 0.600 bits per heavy atom. The number of rotatable bonds is 4. The van der Waals surface area contributed by atoms with Crippen molar-refractivity contribution in [3.05, 3.63) is 72.8 Å². The Balaban J connectivity index is 1.71. The fraction of sp³-hybridized carbons (Fsp3) is 0.0833. The molecule has 30 heavy (non-hydrogen) atoms. The molecule has 0 saturated carbocycles. The molecule has 0 bridgehead atoms. The summed E-state index contributed by atoms with van der Waals surface area (Å²) >= 11 is 3.49. The summed E-state index contributed by atoms with van der Waals surface area (Å²) in [5.74, 6) is 0. The number of fused-ring (bicyclic) bond motifs is 3. The third-order valence-corrected chi connectivity index (χ3v) is 9.58. The first-order valence-electron chi connectivity index (χ1n) is 9.34. The predicted molar refractivity (Wildman–Crippen MR) is 133 cm³/mol. The molecular formula is C24H18O2S4. The van der Waals surface area contributed by atoms with Crippen LogP contribution < -0.4 is 0 Å². The first-order chi connectivity index (χ1) is 14.5. The number of hydrogen-bond donors (Lipinski definition) is 0. The molecule has 2 heterocycles. The van der Waals surface area contributed by atoms with Gasteiger partial charge in [-0.05, 0) is 35.0 Å². The van der Waals surface area contributed by atoms with E-state index in [1.54, 1.807) is 35.2 Å². The SMILES string of the molecule is CS(=O)c1ccccc1-c1cc2ccc3cc(-c4ccccc4S(C)=O)sc3c2s1. The molecule has 0 aliphatic rings. The maximum Gasteiger partial charge on any atom is 0.0527 e. The van der Waals surface area contributed by atoms with Gasteiger partial charge in [0.15, 0.2) is 0 Å². The van der Waals surface area contributed by atoms with E-state index in [1.165, 1.54) is 20.2 Å². The van der Waals surface area contributed by atoms with Crippen LogP contribution in [0.1, 0.15) is 0 Å². The molecule has 5 aromatic rings. The standard InChI is InChI=1S/C24H18O2S4/c1-29(25)21-9-5-3-7-17(21)19-13-15-11-12-16-14-20(28-24(16)23(15)27-19)18-8-4-6-10-22(18)30(2)26/h3-14H,1-2H3. The van der Waals surface area contributed by atoms with Crippen LogP contribution in [0.4, 0.5) is 0 Å². The van der Waals surface area contributed by atoms with Gasteiger partial charge in [0.2, 0.25) is 0 Å². The van der Waals surface area contributed by atoms with Crippen LogP contribution in [0.5, 0.6) is 0 Å². The van der Waals surface area contributed by atoms with Crippen LogP contribution in [0.25, 0.3) is 41.1 Å². The molecule has 2 unspecified atom stereocenters. The molecule has 2 nitrogen and oxygen atoms in total. The summed E-state index contributed by atoms with van der Waals surface area (Å²) in [4.78, 5) is 4.00. The number of benzene rings is 3. The van der Waals surface area contributed by atoms with Crippen LogP contribution in [0.3, 0.4) is 0 Å². The minimum absolute atomic E-state index is 0.867. The van der Waals surface area contributed by atoms with E-state index in [-0.39, 0.29) is 0 Å². The lowest BCUT2D eigenvalue weighted by molar-refractivity contribution is 0.686. The minimum atomic E-state index is -1.04. The van der Waals surface area contributed by atoms with E-state index in [1.807, 2.05) is 48.5 Å². The molecule has 5 rings (SSSR count). The molecule has 6 heteroatoms. The van der Waals surface area contributed by atoms with Crippen molar-refractivity contribution >= 4 is 64.4 Å². The van der Waals surface area contributed by atoms with Gasteiger partial charge in [0, 0.05) is 43.2 Å². The molecule has 150 valence electrons. The van der Waals surface area contributed by atoms with Crippen LogP contribution in [-0.4, -0.2) is 20.9 Å². The molecule has 0 amide bonds. The van der Waals surface area contributed by atoms with Crippen molar-refractivity contribution in [1.82, 2.24) is 0 Å². The van der Waals surface area contributed by atoms with Gasteiger partial charge in [-0.2, -0.15) is 0 Å². The largest absolute Gasteiger partial charge is 0.255 e. The fourth-order valence-corrected chi connectivity index (χ4v) is 7.89. The lowest BCUT2D eigenvalue weighted by Gasteiger charge is -2.04. The highest BCUT2D eigenvalue weighted by molar-refractivity contribution is 7.84. The summed E-state index contributed by atoms with van der Waals surface area (Å²) in [6, 6.07) is 24.5. The molecule has 0 N–H and O–H groups in total. The van der Waals surface area contributed by atoms with Crippen molar-refractivity contribution in [1.29, 1.82) is 0 Å². The Morgan fingerprint density at radius 3 is 1.40 bits per heavy atom. The lowest BCUT2D eigenvalue weighted by Crippen LogP contribution is -1.89. The van der Waals surface area contributed by atoms with Crippen molar-refractivity contribution in [2.75, 3.05) is 12.5 Å². The summed E-state index contributed by atoms with van der Waals surface area (Å²) in [7, 11) is -2.07. The fourth-order valence-electron chi connectivity index (χ4n) is 3.70. The molecule has 0 aliphatic carbocycles. The molecular weight excluding hydrogens is 449 g/mol. The van der Waals surface area contributed by atoms with Gasteiger partial charge in [0.1, 0.15) is 0 Å². The van der Waals surface area contributed by atoms with Crippen LogP contribution in [0.2, 0.25) is 0 Å². The topological polar surface area (TPSA) is 34.1 Å². The van der Waals surface area contributed by atoms with E-state index in [0.29, 0.717) is 0 Å². The zero-order valence-electron chi connectivity index (χ0n) is 16.4. The second-order valence-electron chi connectivity index (χ2n) is 7.02.